The molecule has 2 unspecified atom stereocenters. The molecule has 0 radical (unpaired) electrons. The number of amides is 6. The summed E-state index contributed by atoms with van der Waals surface area (Å²) in [6, 6.07) is 4.51. The average Bonchev–Trinajstić information content (AvgIpc) is 3.39. The molecule has 3 rings (SSSR count). The molecule has 14 nitrogen and oxygen atoms in total. The number of ether oxygens (including phenoxy) is 1. The molecule has 1 heterocycles. The molecule has 14 heteroatoms. The predicted octanol–water partition coefficient (Wildman–Crippen LogP) is 2.71. The topological polar surface area (TPSA) is 183 Å². The first kappa shape index (κ1) is 41.9. The second kappa shape index (κ2) is 17.4. The van der Waals surface area contributed by atoms with Crippen molar-refractivity contribution in [2.24, 2.45) is 22.7 Å². The number of nitrogens with one attached hydrogen (secondary N) is 4. The summed E-state index contributed by atoms with van der Waals surface area (Å²) >= 11 is 0. The smallest absolute Gasteiger partial charge is 0.408 e. The van der Waals surface area contributed by atoms with Crippen molar-refractivity contribution in [2.75, 3.05) is 27.2 Å². The van der Waals surface area contributed by atoms with Crippen LogP contribution in [-0.4, -0.2) is 103 Å². The third-order valence-corrected chi connectivity index (χ3v) is 10.3. The molecule has 1 saturated heterocycles. The van der Waals surface area contributed by atoms with Gasteiger partial charge in [0.25, 0.3) is 5.91 Å². The van der Waals surface area contributed by atoms with E-state index in [2.05, 4.69) is 21.3 Å². The fourth-order valence-electron chi connectivity index (χ4n) is 6.79. The summed E-state index contributed by atoms with van der Waals surface area (Å²) in [5, 5.41) is 10.4. The van der Waals surface area contributed by atoms with Gasteiger partial charge in [0.15, 0.2) is 0 Å². The molecule has 7 atom stereocenters. The zero-order chi connectivity index (χ0) is 39.1. The average molecular weight is 727 g/mol. The Morgan fingerprint density at radius 1 is 0.981 bits per heavy atom. The van der Waals surface area contributed by atoms with Crippen molar-refractivity contribution in [3.63, 3.8) is 0 Å². The molecule has 1 aromatic carbocycles. The Bertz CT molecular complexity index is 1490. The van der Waals surface area contributed by atoms with Gasteiger partial charge in [-0.05, 0) is 48.0 Å². The molecule has 4 N–H and O–H groups in total. The number of likely N-dealkylation sites (N-methyl/N-ethyl adjacent to an activating group) is 1. The highest BCUT2D eigenvalue weighted by Crippen LogP contribution is 2.65. The summed E-state index contributed by atoms with van der Waals surface area (Å²) in [6.45, 7) is 14.8. The zero-order valence-corrected chi connectivity index (χ0v) is 32.3. The number of hydrogen-bond donors (Lipinski definition) is 4. The van der Waals surface area contributed by atoms with Crippen LogP contribution in [0.15, 0.2) is 30.3 Å². The zero-order valence-electron chi connectivity index (χ0n) is 32.3. The van der Waals surface area contributed by atoms with E-state index in [4.69, 9.17) is 4.74 Å². The summed E-state index contributed by atoms with van der Waals surface area (Å²) in [7, 11) is 3.12. The van der Waals surface area contributed by atoms with Gasteiger partial charge in [0, 0.05) is 20.6 Å². The lowest BCUT2D eigenvalue weighted by molar-refractivity contribution is -0.145. The Balaban J connectivity index is 1.75. The molecule has 0 bridgehead atoms. The quantitative estimate of drug-likeness (QED) is 0.188. The molecule has 0 aromatic heterocycles. The molecule has 1 saturated carbocycles. The van der Waals surface area contributed by atoms with Gasteiger partial charge in [-0.1, -0.05) is 91.6 Å². The maximum absolute atomic E-state index is 14.2. The van der Waals surface area contributed by atoms with Crippen molar-refractivity contribution >= 4 is 41.4 Å². The van der Waals surface area contributed by atoms with Gasteiger partial charge < -0.3 is 35.8 Å². The van der Waals surface area contributed by atoms with Gasteiger partial charge in [-0.15, -0.1) is 0 Å². The normalized spacial score (nSPS) is 21.0. The maximum atomic E-state index is 14.2. The van der Waals surface area contributed by atoms with E-state index in [-0.39, 0.29) is 35.7 Å². The van der Waals surface area contributed by atoms with Gasteiger partial charge in [0.05, 0.1) is 12.6 Å². The van der Waals surface area contributed by atoms with Crippen LogP contribution in [0.3, 0.4) is 0 Å². The van der Waals surface area contributed by atoms with Crippen molar-refractivity contribution in [3.8, 4) is 0 Å². The molecule has 1 aliphatic carbocycles. The summed E-state index contributed by atoms with van der Waals surface area (Å²) < 4.78 is 5.39. The first-order valence-electron chi connectivity index (χ1n) is 18.2. The lowest BCUT2D eigenvalue weighted by atomic mass is 9.85. The minimum absolute atomic E-state index is 0.0329. The molecule has 288 valence electrons. The van der Waals surface area contributed by atoms with Crippen LogP contribution in [0.1, 0.15) is 92.7 Å². The van der Waals surface area contributed by atoms with E-state index in [1.54, 1.807) is 51.4 Å². The van der Waals surface area contributed by atoms with E-state index in [9.17, 15) is 33.6 Å². The third-order valence-electron chi connectivity index (χ3n) is 10.3. The summed E-state index contributed by atoms with van der Waals surface area (Å²) in [6.07, 6.45) is 0.899. The summed E-state index contributed by atoms with van der Waals surface area (Å²) in [5.41, 5.74) is -0.409. The van der Waals surface area contributed by atoms with Gasteiger partial charge >= 0.3 is 6.09 Å². The van der Waals surface area contributed by atoms with Crippen LogP contribution in [0.4, 0.5) is 4.79 Å². The molecular formula is C38H58N6O8. The van der Waals surface area contributed by atoms with Gasteiger partial charge in [-0.2, -0.15) is 0 Å². The Labute approximate surface area is 307 Å². The number of fused-ring (bicyclic) bond motifs is 1. The SMILES string of the molecule is CCCCC(NC(=O)[C@@H]1[C@H]2[C@@H](CN1C(=O)[C@@H](NC(=O)OC(C)CC)C(C)(C)C)C2(C)C)C(=O)C(=O)NCC(=O)N[C@H](C(=O)N(C)C)c1ccccc1. The van der Waals surface area contributed by atoms with Crippen LogP contribution in [-0.2, 0) is 33.5 Å². The maximum Gasteiger partial charge on any atom is 0.408 e. The van der Waals surface area contributed by atoms with E-state index in [0.29, 0.717) is 31.4 Å². The molecule has 2 fully saturated rings. The van der Waals surface area contributed by atoms with Crippen LogP contribution in [0, 0.1) is 22.7 Å². The van der Waals surface area contributed by atoms with E-state index in [1.807, 2.05) is 48.5 Å². The van der Waals surface area contributed by atoms with E-state index in [0.717, 1.165) is 0 Å². The number of rotatable bonds is 16. The minimum atomic E-state index is -1.21. The lowest BCUT2D eigenvalue weighted by Crippen LogP contribution is -2.60. The third kappa shape index (κ3) is 10.1. The standard InChI is InChI=1S/C38H58N6O8/c1-11-13-19-25(30(46)33(48)39-20-26(45)41-28(34(49)43(9)10)23-17-15-14-16-18-23)40-32(47)29-27-24(38(27,7)8)21-44(29)35(50)31(37(4,5)6)42-36(51)52-22(3)12-2/h14-18,22,24-25,27-29,31H,11-13,19-21H2,1-10H3,(H,39,48)(H,40,47)(H,41,45)(H,42,51)/t22?,24-,25?,27-,28+,29+,31-/m1/s1. The van der Waals surface area contributed by atoms with E-state index < -0.39 is 71.6 Å². The van der Waals surface area contributed by atoms with Crippen LogP contribution in [0.5, 0.6) is 0 Å². The van der Waals surface area contributed by atoms with E-state index in [1.165, 1.54) is 9.80 Å². The Morgan fingerprint density at radius 3 is 2.17 bits per heavy atom. The van der Waals surface area contributed by atoms with Gasteiger partial charge in [0.1, 0.15) is 24.2 Å². The molecule has 52 heavy (non-hydrogen) atoms. The first-order valence-corrected chi connectivity index (χ1v) is 18.2. The predicted molar refractivity (Wildman–Crippen MR) is 194 cm³/mol. The fraction of sp³-hybridized carbons (Fsp3) is 0.658. The highest BCUT2D eigenvalue weighted by Gasteiger charge is 2.70. The first-order chi connectivity index (χ1) is 24.3. The number of ketones is 1. The monoisotopic (exact) mass is 726 g/mol. The molecule has 6 amide bonds. The van der Waals surface area contributed by atoms with Crippen LogP contribution in [0.2, 0.25) is 0 Å². The molecule has 1 aromatic rings. The molecule has 1 aliphatic heterocycles. The van der Waals surface area contributed by atoms with Crippen LogP contribution < -0.4 is 21.3 Å². The van der Waals surface area contributed by atoms with Crippen molar-refractivity contribution in [3.05, 3.63) is 35.9 Å². The molecule has 2 aliphatic rings. The second-order valence-electron chi connectivity index (χ2n) is 15.9. The number of hydrogen-bond acceptors (Lipinski definition) is 8. The Morgan fingerprint density at radius 2 is 1.62 bits per heavy atom. The number of piperidine rings is 1. The minimum Gasteiger partial charge on any atom is -0.447 e. The number of nitrogens with zero attached hydrogens (tertiary/aromatic N) is 2. The van der Waals surface area contributed by atoms with Crippen LogP contribution >= 0.6 is 0 Å². The number of alkyl carbamates (subject to hydrolysis) is 1. The van der Waals surface area contributed by atoms with Gasteiger partial charge in [-0.3, -0.25) is 28.8 Å². The van der Waals surface area contributed by atoms with Crippen molar-refractivity contribution < 1.29 is 38.3 Å². The number of unbranched alkanes of at least 4 members (excludes halogenated alkanes) is 1. The largest absolute Gasteiger partial charge is 0.447 e. The summed E-state index contributed by atoms with van der Waals surface area (Å²) in [5.74, 6) is -4.20. The van der Waals surface area contributed by atoms with Crippen molar-refractivity contribution in [2.45, 2.75) is 111 Å². The Hall–Kier alpha value is -4.49. The number of benzene rings is 1. The fourth-order valence-corrected chi connectivity index (χ4v) is 6.79. The summed E-state index contributed by atoms with van der Waals surface area (Å²) in [4.78, 5) is 96.1. The number of carbonyl (C=O) groups is 7. The molecular weight excluding hydrogens is 668 g/mol. The highest BCUT2D eigenvalue weighted by atomic mass is 16.6. The van der Waals surface area contributed by atoms with Crippen molar-refractivity contribution in [1.29, 1.82) is 0 Å². The highest BCUT2D eigenvalue weighted by molar-refractivity contribution is 6.38. The van der Waals surface area contributed by atoms with E-state index >= 15 is 0 Å². The number of carbonyl (C=O) groups excluding carboxylic acids is 7. The van der Waals surface area contributed by atoms with Crippen molar-refractivity contribution in [1.82, 2.24) is 31.1 Å². The second-order valence-corrected chi connectivity index (χ2v) is 15.9. The van der Waals surface area contributed by atoms with Crippen LogP contribution in [0.25, 0.3) is 0 Å². The van der Waals surface area contributed by atoms with Gasteiger partial charge in [0.2, 0.25) is 29.4 Å². The molecule has 0 spiro atoms. The van der Waals surface area contributed by atoms with Gasteiger partial charge in [-0.25, -0.2) is 4.79 Å². The Kier molecular flexibility index (Phi) is 14.0. The number of likely N-dealkylation sites (tertiary alicyclic amines) is 1. The number of Topliss-reactive ketones (excluding diaryl/α,β-unsaturated/α-hetero) is 1. The lowest BCUT2D eigenvalue weighted by Gasteiger charge is -2.37.